The lowest BCUT2D eigenvalue weighted by atomic mass is 9.83. The Bertz CT molecular complexity index is 810. The number of benzene rings is 3. The molecule has 0 heterocycles. The van der Waals surface area contributed by atoms with Gasteiger partial charge in [-0.2, -0.15) is 0 Å². The van der Waals surface area contributed by atoms with Crippen LogP contribution in [0.15, 0.2) is 72.8 Å². The maximum Gasteiger partial charge on any atom is -0.00706 e. The van der Waals surface area contributed by atoms with Gasteiger partial charge < -0.3 is 0 Å². The minimum absolute atomic E-state index is 0.492. The van der Waals surface area contributed by atoms with Crippen molar-refractivity contribution in [1.29, 1.82) is 0 Å². The van der Waals surface area contributed by atoms with E-state index in [1.807, 2.05) is 0 Å². The molecule has 0 unspecified atom stereocenters. The standard InChI is InChI=1S/C24H26/c1-17(2)20-13-8-9-14-22(20)23-16-10-15-21(18(3)4)24(23)19-11-6-5-7-12-19/h5-18H,1-4H3. The van der Waals surface area contributed by atoms with E-state index < -0.39 is 0 Å². The van der Waals surface area contributed by atoms with E-state index in [0.717, 1.165) is 0 Å². The molecule has 3 rings (SSSR count). The molecule has 0 saturated heterocycles. The van der Waals surface area contributed by atoms with Gasteiger partial charge in [0.1, 0.15) is 0 Å². The number of rotatable bonds is 4. The van der Waals surface area contributed by atoms with Crippen LogP contribution in [0.4, 0.5) is 0 Å². The molecule has 0 radical (unpaired) electrons. The van der Waals surface area contributed by atoms with Crippen LogP contribution >= 0.6 is 0 Å². The Kier molecular flexibility index (Phi) is 4.85. The molecule has 0 N–H and O–H groups in total. The molecule has 122 valence electrons. The summed E-state index contributed by atoms with van der Waals surface area (Å²) in [7, 11) is 0. The van der Waals surface area contributed by atoms with E-state index in [0.29, 0.717) is 11.8 Å². The molecule has 0 aliphatic carbocycles. The van der Waals surface area contributed by atoms with Crippen LogP contribution in [0.3, 0.4) is 0 Å². The van der Waals surface area contributed by atoms with Crippen LogP contribution in [0, 0.1) is 0 Å². The molecule has 0 bridgehead atoms. The molecule has 0 saturated carbocycles. The van der Waals surface area contributed by atoms with Crippen LogP contribution in [0.2, 0.25) is 0 Å². The first-order valence-electron chi connectivity index (χ1n) is 8.87. The highest BCUT2D eigenvalue weighted by molar-refractivity contribution is 5.87. The van der Waals surface area contributed by atoms with Crippen LogP contribution in [0.5, 0.6) is 0 Å². The normalized spacial score (nSPS) is 11.2. The summed E-state index contributed by atoms with van der Waals surface area (Å²) in [4.78, 5) is 0. The fourth-order valence-corrected chi connectivity index (χ4v) is 3.45. The van der Waals surface area contributed by atoms with Crippen LogP contribution in [0.1, 0.15) is 50.7 Å². The quantitative estimate of drug-likeness (QED) is 0.475. The van der Waals surface area contributed by atoms with Crippen LogP contribution in [-0.2, 0) is 0 Å². The van der Waals surface area contributed by atoms with Gasteiger partial charge in [0.2, 0.25) is 0 Å². The van der Waals surface area contributed by atoms with E-state index in [-0.39, 0.29) is 0 Å². The monoisotopic (exact) mass is 314 g/mol. The predicted molar refractivity (Wildman–Crippen MR) is 105 cm³/mol. The molecule has 0 aliphatic rings. The van der Waals surface area contributed by atoms with Gasteiger partial charge in [-0.3, -0.25) is 0 Å². The van der Waals surface area contributed by atoms with Gasteiger partial charge in [0.05, 0.1) is 0 Å². The minimum Gasteiger partial charge on any atom is -0.0622 e. The van der Waals surface area contributed by atoms with E-state index >= 15 is 0 Å². The molecule has 0 aliphatic heterocycles. The molecule has 0 heteroatoms. The SMILES string of the molecule is CC(C)c1ccccc1-c1cccc(C(C)C)c1-c1ccccc1. The molecular weight excluding hydrogens is 288 g/mol. The zero-order valence-electron chi connectivity index (χ0n) is 15.1. The van der Waals surface area contributed by atoms with Crippen molar-refractivity contribution in [3.63, 3.8) is 0 Å². The van der Waals surface area contributed by atoms with Crippen molar-refractivity contribution in [1.82, 2.24) is 0 Å². The predicted octanol–water partition coefficient (Wildman–Crippen LogP) is 7.27. The molecule has 0 amide bonds. The molecule has 0 nitrogen and oxygen atoms in total. The van der Waals surface area contributed by atoms with Gasteiger partial charge in [0.15, 0.2) is 0 Å². The molecule has 0 aromatic heterocycles. The summed E-state index contributed by atoms with van der Waals surface area (Å²) >= 11 is 0. The second kappa shape index (κ2) is 7.05. The minimum atomic E-state index is 0.492. The van der Waals surface area contributed by atoms with Gasteiger partial charge in [-0.25, -0.2) is 0 Å². The lowest BCUT2D eigenvalue weighted by Gasteiger charge is -2.21. The third kappa shape index (κ3) is 3.14. The van der Waals surface area contributed by atoms with Crippen molar-refractivity contribution in [2.45, 2.75) is 39.5 Å². The number of hydrogen-bond donors (Lipinski definition) is 0. The van der Waals surface area contributed by atoms with Gasteiger partial charge in [0, 0.05) is 0 Å². The maximum absolute atomic E-state index is 2.28. The molecule has 0 spiro atoms. The Hall–Kier alpha value is -2.34. The first-order valence-corrected chi connectivity index (χ1v) is 8.87. The smallest absolute Gasteiger partial charge is 0.00706 e. The third-order valence-electron chi connectivity index (χ3n) is 4.65. The lowest BCUT2D eigenvalue weighted by Crippen LogP contribution is -1.98. The van der Waals surface area contributed by atoms with E-state index in [1.165, 1.54) is 33.4 Å². The Morgan fingerprint density at radius 2 is 1.04 bits per heavy atom. The highest BCUT2D eigenvalue weighted by atomic mass is 14.2. The average molecular weight is 314 g/mol. The summed E-state index contributed by atoms with van der Waals surface area (Å²) in [6, 6.07) is 26.4. The number of hydrogen-bond acceptors (Lipinski definition) is 0. The van der Waals surface area contributed by atoms with Gasteiger partial charge in [-0.15, -0.1) is 0 Å². The first-order chi connectivity index (χ1) is 11.6. The highest BCUT2D eigenvalue weighted by Crippen LogP contribution is 2.40. The zero-order chi connectivity index (χ0) is 17.1. The molecule has 0 fully saturated rings. The summed E-state index contributed by atoms with van der Waals surface area (Å²) in [5.41, 5.74) is 8.20. The largest absolute Gasteiger partial charge is 0.0622 e. The fourth-order valence-electron chi connectivity index (χ4n) is 3.45. The average Bonchev–Trinajstić information content (AvgIpc) is 2.61. The summed E-state index contributed by atoms with van der Waals surface area (Å²) in [5, 5.41) is 0. The third-order valence-corrected chi connectivity index (χ3v) is 4.65. The second-order valence-corrected chi connectivity index (χ2v) is 7.03. The second-order valence-electron chi connectivity index (χ2n) is 7.03. The molecule has 24 heavy (non-hydrogen) atoms. The first kappa shape index (κ1) is 16.5. The van der Waals surface area contributed by atoms with Gasteiger partial charge in [0.25, 0.3) is 0 Å². The topological polar surface area (TPSA) is 0 Å². The van der Waals surface area contributed by atoms with E-state index in [4.69, 9.17) is 0 Å². The van der Waals surface area contributed by atoms with Crippen molar-refractivity contribution in [3.8, 4) is 22.3 Å². The Morgan fingerprint density at radius 1 is 0.500 bits per heavy atom. The Balaban J connectivity index is 2.32. The highest BCUT2D eigenvalue weighted by Gasteiger charge is 2.17. The molecule has 3 aromatic carbocycles. The van der Waals surface area contributed by atoms with E-state index in [9.17, 15) is 0 Å². The summed E-state index contributed by atoms with van der Waals surface area (Å²) in [5.74, 6) is 0.999. The molecule has 3 aromatic rings. The van der Waals surface area contributed by atoms with E-state index in [1.54, 1.807) is 0 Å². The maximum atomic E-state index is 2.28. The van der Waals surface area contributed by atoms with Crippen LogP contribution in [-0.4, -0.2) is 0 Å². The van der Waals surface area contributed by atoms with Crippen molar-refractivity contribution in [3.05, 3.63) is 83.9 Å². The van der Waals surface area contributed by atoms with Crippen LogP contribution < -0.4 is 0 Å². The summed E-state index contributed by atoms with van der Waals surface area (Å²) < 4.78 is 0. The zero-order valence-corrected chi connectivity index (χ0v) is 15.1. The van der Waals surface area contributed by atoms with Gasteiger partial charge >= 0.3 is 0 Å². The Labute approximate surface area is 146 Å². The van der Waals surface area contributed by atoms with Gasteiger partial charge in [-0.05, 0) is 45.2 Å². The van der Waals surface area contributed by atoms with Crippen molar-refractivity contribution < 1.29 is 0 Å². The molecular formula is C24H26. The van der Waals surface area contributed by atoms with E-state index in [2.05, 4.69) is 100 Å². The lowest BCUT2D eigenvalue weighted by molar-refractivity contribution is 0.864. The summed E-state index contributed by atoms with van der Waals surface area (Å²) in [6.45, 7) is 9.10. The summed E-state index contributed by atoms with van der Waals surface area (Å²) in [6.07, 6.45) is 0. The Morgan fingerprint density at radius 3 is 1.71 bits per heavy atom. The fraction of sp³-hybridized carbons (Fsp3) is 0.250. The molecule has 0 atom stereocenters. The van der Waals surface area contributed by atoms with Crippen molar-refractivity contribution in [2.24, 2.45) is 0 Å². The van der Waals surface area contributed by atoms with Gasteiger partial charge in [-0.1, -0.05) is 100 Å². The van der Waals surface area contributed by atoms with Crippen LogP contribution in [0.25, 0.3) is 22.3 Å². The van der Waals surface area contributed by atoms with Crippen molar-refractivity contribution >= 4 is 0 Å². The van der Waals surface area contributed by atoms with Crippen molar-refractivity contribution in [2.75, 3.05) is 0 Å².